The largest absolute Gasteiger partial charge is 0.388 e. The molecule has 86 valence electrons. The highest BCUT2D eigenvalue weighted by Crippen LogP contribution is 2.17. The zero-order valence-corrected chi connectivity index (χ0v) is 10.3. The Bertz CT molecular complexity index is 288. The molecule has 5 heteroatoms. The third-order valence-corrected chi connectivity index (χ3v) is 3.40. The number of nitrogens with zero attached hydrogens (tertiary/aromatic N) is 3. The summed E-state index contributed by atoms with van der Waals surface area (Å²) in [4.78, 5) is 0. The lowest BCUT2D eigenvalue weighted by Crippen LogP contribution is -1.98. The maximum Gasteiger partial charge on any atom is 0.191 e. The summed E-state index contributed by atoms with van der Waals surface area (Å²) in [5.41, 5.74) is 0. The summed E-state index contributed by atoms with van der Waals surface area (Å²) in [6.45, 7) is 2.17. The topological polar surface area (TPSA) is 50.9 Å². The lowest BCUT2D eigenvalue weighted by atomic mass is 10.2. The smallest absolute Gasteiger partial charge is 0.191 e. The Hall–Kier alpha value is -0.550. The molecule has 1 aromatic heterocycles. The van der Waals surface area contributed by atoms with Crippen molar-refractivity contribution in [2.45, 2.75) is 44.4 Å². The van der Waals surface area contributed by atoms with E-state index in [0.29, 0.717) is 5.82 Å². The first kappa shape index (κ1) is 12.5. The van der Waals surface area contributed by atoms with Gasteiger partial charge in [-0.15, -0.1) is 10.2 Å². The third kappa shape index (κ3) is 3.83. The molecule has 4 nitrogen and oxygen atoms in total. The zero-order chi connectivity index (χ0) is 11.1. The highest BCUT2D eigenvalue weighted by molar-refractivity contribution is 7.99. The van der Waals surface area contributed by atoms with Gasteiger partial charge in [0.1, 0.15) is 6.61 Å². The zero-order valence-electron chi connectivity index (χ0n) is 9.44. The van der Waals surface area contributed by atoms with Crippen LogP contribution in [0.3, 0.4) is 0 Å². The summed E-state index contributed by atoms with van der Waals surface area (Å²) in [5, 5.41) is 17.8. The van der Waals surface area contributed by atoms with Crippen LogP contribution in [-0.4, -0.2) is 25.6 Å². The molecule has 0 fully saturated rings. The average Bonchev–Trinajstić information content (AvgIpc) is 2.60. The van der Waals surface area contributed by atoms with Gasteiger partial charge in [-0.05, 0) is 6.42 Å². The van der Waals surface area contributed by atoms with E-state index in [1.54, 1.807) is 11.8 Å². The second-order valence-electron chi connectivity index (χ2n) is 3.53. The molecule has 1 heterocycles. The van der Waals surface area contributed by atoms with Crippen molar-refractivity contribution in [1.82, 2.24) is 14.8 Å². The molecule has 1 N–H and O–H groups in total. The Kier molecular flexibility index (Phi) is 5.71. The molecule has 1 aromatic rings. The van der Waals surface area contributed by atoms with Crippen molar-refractivity contribution in [2.75, 3.05) is 5.75 Å². The molecule has 0 atom stereocenters. The van der Waals surface area contributed by atoms with Gasteiger partial charge in [-0.25, -0.2) is 0 Å². The van der Waals surface area contributed by atoms with Gasteiger partial charge in [0.25, 0.3) is 0 Å². The van der Waals surface area contributed by atoms with Gasteiger partial charge in [-0.2, -0.15) is 0 Å². The summed E-state index contributed by atoms with van der Waals surface area (Å²) < 4.78 is 1.85. The summed E-state index contributed by atoms with van der Waals surface area (Å²) in [7, 11) is 1.89. The molecule has 0 aliphatic carbocycles. The van der Waals surface area contributed by atoms with Crippen LogP contribution in [0, 0.1) is 0 Å². The van der Waals surface area contributed by atoms with Crippen LogP contribution in [0.5, 0.6) is 0 Å². The van der Waals surface area contributed by atoms with Gasteiger partial charge >= 0.3 is 0 Å². The van der Waals surface area contributed by atoms with E-state index < -0.39 is 0 Å². The fourth-order valence-electron chi connectivity index (χ4n) is 1.30. The lowest BCUT2D eigenvalue weighted by molar-refractivity contribution is 0.266. The molecular formula is C10H19N3OS. The molecule has 0 amide bonds. The monoisotopic (exact) mass is 229 g/mol. The molecular weight excluding hydrogens is 210 g/mol. The van der Waals surface area contributed by atoms with Gasteiger partial charge in [-0.3, -0.25) is 0 Å². The summed E-state index contributed by atoms with van der Waals surface area (Å²) in [6, 6.07) is 0. The fraction of sp³-hybridized carbons (Fsp3) is 0.800. The van der Waals surface area contributed by atoms with E-state index in [4.69, 9.17) is 5.11 Å². The highest BCUT2D eigenvalue weighted by atomic mass is 32.2. The number of aromatic nitrogens is 3. The van der Waals surface area contributed by atoms with Gasteiger partial charge < -0.3 is 9.67 Å². The minimum Gasteiger partial charge on any atom is -0.388 e. The van der Waals surface area contributed by atoms with E-state index in [-0.39, 0.29) is 6.61 Å². The van der Waals surface area contributed by atoms with Gasteiger partial charge in [0, 0.05) is 12.8 Å². The van der Waals surface area contributed by atoms with Crippen molar-refractivity contribution in [1.29, 1.82) is 0 Å². The molecule has 15 heavy (non-hydrogen) atoms. The molecule has 0 aliphatic heterocycles. The van der Waals surface area contributed by atoms with E-state index in [1.807, 2.05) is 11.6 Å². The number of hydrogen-bond acceptors (Lipinski definition) is 4. The molecule has 0 saturated heterocycles. The van der Waals surface area contributed by atoms with E-state index in [9.17, 15) is 0 Å². The van der Waals surface area contributed by atoms with Crippen molar-refractivity contribution < 1.29 is 5.11 Å². The highest BCUT2D eigenvalue weighted by Gasteiger charge is 2.06. The number of hydrogen-bond donors (Lipinski definition) is 1. The molecule has 0 aliphatic rings. The molecule has 0 aromatic carbocycles. The number of rotatable bonds is 7. The van der Waals surface area contributed by atoms with Crippen LogP contribution in [0.15, 0.2) is 5.16 Å². The molecule has 0 spiro atoms. The van der Waals surface area contributed by atoms with Crippen LogP contribution < -0.4 is 0 Å². The van der Waals surface area contributed by atoms with E-state index in [0.717, 1.165) is 10.9 Å². The van der Waals surface area contributed by atoms with Crippen LogP contribution in [0.2, 0.25) is 0 Å². The normalized spacial score (nSPS) is 10.9. The van der Waals surface area contributed by atoms with Crippen LogP contribution in [0.25, 0.3) is 0 Å². The molecule has 0 saturated carbocycles. The first-order chi connectivity index (χ1) is 7.29. The van der Waals surface area contributed by atoms with Gasteiger partial charge in [-0.1, -0.05) is 37.9 Å². The Morgan fingerprint density at radius 3 is 2.67 bits per heavy atom. The number of unbranched alkanes of at least 4 members (excludes halogenated alkanes) is 3. The quantitative estimate of drug-likeness (QED) is 0.574. The molecule has 0 radical (unpaired) electrons. The Morgan fingerprint density at radius 1 is 1.27 bits per heavy atom. The number of thioether (sulfide) groups is 1. The minimum atomic E-state index is -0.0418. The second kappa shape index (κ2) is 6.85. The van der Waals surface area contributed by atoms with E-state index in [1.165, 1.54) is 25.7 Å². The van der Waals surface area contributed by atoms with Gasteiger partial charge in [0.2, 0.25) is 0 Å². The van der Waals surface area contributed by atoms with Crippen LogP contribution in [0.4, 0.5) is 0 Å². The minimum absolute atomic E-state index is 0.0418. The van der Waals surface area contributed by atoms with Gasteiger partial charge in [0.05, 0.1) is 0 Å². The van der Waals surface area contributed by atoms with Crippen molar-refractivity contribution in [3.8, 4) is 0 Å². The SMILES string of the molecule is CCCCCCSc1nnc(CO)n1C. The molecule has 0 bridgehead atoms. The Balaban J connectivity index is 2.28. The Morgan fingerprint density at radius 2 is 2.07 bits per heavy atom. The van der Waals surface area contributed by atoms with E-state index in [2.05, 4.69) is 17.1 Å². The van der Waals surface area contributed by atoms with Crippen LogP contribution >= 0.6 is 11.8 Å². The summed E-state index contributed by atoms with van der Waals surface area (Å²) in [6.07, 6.45) is 5.08. The van der Waals surface area contributed by atoms with Crippen molar-refractivity contribution in [3.05, 3.63) is 5.82 Å². The first-order valence-electron chi connectivity index (χ1n) is 5.41. The standard InChI is InChI=1S/C10H19N3OS/c1-3-4-5-6-7-15-10-12-11-9(8-14)13(10)2/h14H,3-8H2,1-2H3. The van der Waals surface area contributed by atoms with Crippen molar-refractivity contribution in [3.63, 3.8) is 0 Å². The predicted molar refractivity (Wildman–Crippen MR) is 61.8 cm³/mol. The van der Waals surface area contributed by atoms with Crippen LogP contribution in [0.1, 0.15) is 38.4 Å². The summed E-state index contributed by atoms with van der Waals surface area (Å²) in [5.74, 6) is 1.71. The maximum absolute atomic E-state index is 8.94. The van der Waals surface area contributed by atoms with Gasteiger partial charge in [0.15, 0.2) is 11.0 Å². The fourth-order valence-corrected chi connectivity index (χ4v) is 2.23. The lowest BCUT2D eigenvalue weighted by Gasteiger charge is -2.01. The number of aliphatic hydroxyl groups excluding tert-OH is 1. The summed E-state index contributed by atoms with van der Waals surface area (Å²) >= 11 is 1.71. The third-order valence-electron chi connectivity index (χ3n) is 2.30. The first-order valence-corrected chi connectivity index (χ1v) is 6.40. The van der Waals surface area contributed by atoms with Crippen molar-refractivity contribution in [2.24, 2.45) is 7.05 Å². The second-order valence-corrected chi connectivity index (χ2v) is 4.59. The predicted octanol–water partition coefficient (Wildman–Crippen LogP) is 1.98. The Labute approximate surface area is 95.1 Å². The molecule has 0 unspecified atom stereocenters. The van der Waals surface area contributed by atoms with Crippen LogP contribution in [-0.2, 0) is 13.7 Å². The maximum atomic E-state index is 8.94. The number of aliphatic hydroxyl groups is 1. The van der Waals surface area contributed by atoms with Crippen molar-refractivity contribution >= 4 is 11.8 Å². The molecule has 1 rings (SSSR count). The average molecular weight is 229 g/mol. The van der Waals surface area contributed by atoms with E-state index >= 15 is 0 Å².